The number of rotatable bonds is 5. The summed E-state index contributed by atoms with van der Waals surface area (Å²) >= 11 is 0. The molecule has 1 heterocycles. The predicted molar refractivity (Wildman–Crippen MR) is 84.1 cm³/mol. The average Bonchev–Trinajstić information content (AvgIpc) is 2.51. The Bertz CT molecular complexity index is 870. The molecule has 0 aliphatic heterocycles. The van der Waals surface area contributed by atoms with Crippen LogP contribution in [0.4, 0.5) is 11.4 Å². The van der Waals surface area contributed by atoms with E-state index >= 15 is 0 Å². The minimum absolute atomic E-state index is 0.0683. The summed E-state index contributed by atoms with van der Waals surface area (Å²) in [5.41, 5.74) is -0.300. The normalized spacial score (nSPS) is 10.2. The fourth-order valence-electron chi connectivity index (χ4n) is 2.09. The van der Waals surface area contributed by atoms with Gasteiger partial charge in [-0.1, -0.05) is 0 Å². The van der Waals surface area contributed by atoms with E-state index in [4.69, 9.17) is 5.11 Å². The number of carbonyl (C=O) groups excluding carboxylic acids is 1. The predicted octanol–water partition coefficient (Wildman–Crippen LogP) is 1.40. The molecule has 1 aromatic carbocycles. The van der Waals surface area contributed by atoms with Crippen LogP contribution in [0.25, 0.3) is 0 Å². The lowest BCUT2D eigenvalue weighted by atomic mass is 10.2. The molecule has 0 saturated heterocycles. The monoisotopic (exact) mass is 331 g/mol. The van der Waals surface area contributed by atoms with Gasteiger partial charge in [0.05, 0.1) is 16.2 Å². The zero-order valence-electron chi connectivity index (χ0n) is 12.6. The Balaban J connectivity index is 2.18. The summed E-state index contributed by atoms with van der Waals surface area (Å²) in [6.45, 7) is 0.988. The largest absolute Gasteiger partial charge is 0.478 e. The van der Waals surface area contributed by atoms with Gasteiger partial charge in [-0.25, -0.2) is 4.79 Å². The summed E-state index contributed by atoms with van der Waals surface area (Å²) in [4.78, 5) is 44.9. The third-order valence-electron chi connectivity index (χ3n) is 3.34. The lowest BCUT2D eigenvalue weighted by Crippen LogP contribution is -2.29. The van der Waals surface area contributed by atoms with Gasteiger partial charge in [0, 0.05) is 17.8 Å². The number of aromatic carboxylic acids is 1. The van der Waals surface area contributed by atoms with Gasteiger partial charge < -0.3 is 10.4 Å². The summed E-state index contributed by atoms with van der Waals surface area (Å²) < 4.78 is 0.999. The Morgan fingerprint density at radius 3 is 2.38 bits per heavy atom. The van der Waals surface area contributed by atoms with E-state index in [-0.39, 0.29) is 16.9 Å². The molecule has 2 N–H and O–H groups in total. The van der Waals surface area contributed by atoms with Gasteiger partial charge in [0.2, 0.25) is 5.91 Å². The molecule has 24 heavy (non-hydrogen) atoms. The van der Waals surface area contributed by atoms with Gasteiger partial charge in [0.15, 0.2) is 0 Å². The third-order valence-corrected chi connectivity index (χ3v) is 3.34. The van der Waals surface area contributed by atoms with Crippen LogP contribution in [-0.4, -0.2) is 26.5 Å². The van der Waals surface area contributed by atoms with Crippen molar-refractivity contribution in [2.24, 2.45) is 0 Å². The molecule has 2 aromatic rings. The molecule has 0 fully saturated rings. The number of benzene rings is 1. The second-order valence-corrected chi connectivity index (χ2v) is 4.92. The lowest BCUT2D eigenvalue weighted by Gasteiger charge is -2.10. The Hall–Kier alpha value is -3.49. The van der Waals surface area contributed by atoms with Gasteiger partial charge in [-0.15, -0.1) is 0 Å². The second-order valence-electron chi connectivity index (χ2n) is 4.92. The minimum Gasteiger partial charge on any atom is -0.478 e. The van der Waals surface area contributed by atoms with E-state index in [9.17, 15) is 24.5 Å². The SMILES string of the molecule is Cc1c([N+](=O)[O-])ccc(=O)n1CC(=O)Nc1ccc(C(=O)O)cc1. The maximum atomic E-state index is 12.0. The molecule has 0 aliphatic rings. The topological polar surface area (TPSA) is 132 Å². The molecule has 1 amide bonds. The molecule has 124 valence electrons. The number of hydrogen-bond acceptors (Lipinski definition) is 5. The van der Waals surface area contributed by atoms with Gasteiger partial charge >= 0.3 is 5.97 Å². The van der Waals surface area contributed by atoms with E-state index in [0.29, 0.717) is 5.69 Å². The summed E-state index contributed by atoms with van der Waals surface area (Å²) in [6, 6.07) is 7.58. The van der Waals surface area contributed by atoms with Crippen LogP contribution in [0.2, 0.25) is 0 Å². The minimum atomic E-state index is -1.09. The van der Waals surface area contributed by atoms with E-state index in [1.165, 1.54) is 31.2 Å². The van der Waals surface area contributed by atoms with Crippen molar-refractivity contribution in [1.29, 1.82) is 0 Å². The number of carbonyl (C=O) groups is 2. The molecule has 0 radical (unpaired) electrons. The van der Waals surface area contributed by atoms with Crippen LogP contribution in [0.1, 0.15) is 16.1 Å². The molecule has 2 rings (SSSR count). The van der Waals surface area contributed by atoms with Crippen molar-refractivity contribution in [3.63, 3.8) is 0 Å². The number of carboxylic acid groups (broad SMARTS) is 1. The number of nitro groups is 1. The van der Waals surface area contributed by atoms with E-state index in [1.54, 1.807) is 0 Å². The fraction of sp³-hybridized carbons (Fsp3) is 0.133. The maximum Gasteiger partial charge on any atom is 0.335 e. The quantitative estimate of drug-likeness (QED) is 0.629. The highest BCUT2D eigenvalue weighted by Crippen LogP contribution is 2.15. The van der Waals surface area contributed by atoms with Crippen molar-refractivity contribution in [1.82, 2.24) is 4.57 Å². The highest BCUT2D eigenvalue weighted by Gasteiger charge is 2.17. The molecular formula is C15H13N3O6. The van der Waals surface area contributed by atoms with Gasteiger partial charge in [0.25, 0.3) is 11.2 Å². The average molecular weight is 331 g/mol. The number of carboxylic acids is 1. The molecule has 0 spiro atoms. The second kappa shape index (κ2) is 6.73. The molecule has 0 saturated carbocycles. The Kier molecular flexibility index (Phi) is 4.73. The smallest absolute Gasteiger partial charge is 0.335 e. The van der Waals surface area contributed by atoms with Crippen molar-refractivity contribution in [3.8, 4) is 0 Å². The zero-order valence-corrected chi connectivity index (χ0v) is 12.6. The third kappa shape index (κ3) is 3.64. The van der Waals surface area contributed by atoms with Crippen LogP contribution in [0.15, 0.2) is 41.2 Å². The fourth-order valence-corrected chi connectivity index (χ4v) is 2.09. The maximum absolute atomic E-state index is 12.0. The molecular weight excluding hydrogens is 318 g/mol. The van der Waals surface area contributed by atoms with E-state index in [2.05, 4.69) is 5.32 Å². The summed E-state index contributed by atoms with van der Waals surface area (Å²) in [5.74, 6) is -1.66. The van der Waals surface area contributed by atoms with Gasteiger partial charge in [0.1, 0.15) is 6.54 Å². The molecule has 0 atom stereocenters. The van der Waals surface area contributed by atoms with Gasteiger partial charge in [-0.3, -0.25) is 24.3 Å². The molecule has 0 aliphatic carbocycles. The van der Waals surface area contributed by atoms with Crippen LogP contribution in [0, 0.1) is 17.0 Å². The zero-order chi connectivity index (χ0) is 17.9. The first-order valence-electron chi connectivity index (χ1n) is 6.77. The standard InChI is InChI=1S/C15H13N3O6/c1-9-12(18(23)24)6-7-14(20)17(9)8-13(19)16-11-4-2-10(3-5-11)15(21)22/h2-7H,8H2,1H3,(H,16,19)(H,21,22). The summed E-state index contributed by atoms with van der Waals surface area (Å²) in [7, 11) is 0. The number of amides is 1. The molecule has 9 nitrogen and oxygen atoms in total. The highest BCUT2D eigenvalue weighted by molar-refractivity contribution is 5.92. The van der Waals surface area contributed by atoms with Crippen LogP contribution >= 0.6 is 0 Å². The molecule has 0 unspecified atom stereocenters. The first kappa shape index (κ1) is 16.9. The van der Waals surface area contributed by atoms with Gasteiger partial charge in [-0.05, 0) is 31.2 Å². The number of aromatic nitrogens is 1. The van der Waals surface area contributed by atoms with Crippen molar-refractivity contribution < 1.29 is 19.6 Å². The number of anilines is 1. The summed E-state index contributed by atoms with van der Waals surface area (Å²) in [6.07, 6.45) is 0. The molecule has 1 aromatic heterocycles. The number of nitrogens with one attached hydrogen (secondary N) is 1. The molecule has 9 heteroatoms. The van der Waals surface area contributed by atoms with Crippen LogP contribution in [-0.2, 0) is 11.3 Å². The number of nitrogens with zero attached hydrogens (tertiary/aromatic N) is 2. The number of hydrogen-bond donors (Lipinski definition) is 2. The van der Waals surface area contributed by atoms with Crippen molar-refractivity contribution in [3.05, 3.63) is 68.1 Å². The van der Waals surface area contributed by atoms with Crippen LogP contribution < -0.4 is 10.9 Å². The van der Waals surface area contributed by atoms with Crippen molar-refractivity contribution in [2.45, 2.75) is 13.5 Å². The van der Waals surface area contributed by atoms with E-state index < -0.39 is 28.9 Å². The highest BCUT2D eigenvalue weighted by atomic mass is 16.6. The summed E-state index contributed by atoms with van der Waals surface area (Å²) in [5, 5.41) is 22.2. The van der Waals surface area contributed by atoms with Crippen LogP contribution in [0.5, 0.6) is 0 Å². The van der Waals surface area contributed by atoms with Crippen LogP contribution in [0.3, 0.4) is 0 Å². The van der Waals surface area contributed by atoms with Gasteiger partial charge in [-0.2, -0.15) is 0 Å². The Labute approximate surface area is 135 Å². The van der Waals surface area contributed by atoms with Crippen molar-refractivity contribution >= 4 is 23.3 Å². The lowest BCUT2D eigenvalue weighted by molar-refractivity contribution is -0.386. The Morgan fingerprint density at radius 1 is 1.21 bits per heavy atom. The van der Waals surface area contributed by atoms with E-state index in [0.717, 1.165) is 16.7 Å². The number of pyridine rings is 1. The molecule has 0 bridgehead atoms. The first-order valence-corrected chi connectivity index (χ1v) is 6.77. The van der Waals surface area contributed by atoms with Crippen molar-refractivity contribution in [2.75, 3.05) is 5.32 Å². The Morgan fingerprint density at radius 2 is 1.83 bits per heavy atom. The first-order chi connectivity index (χ1) is 11.3. The van der Waals surface area contributed by atoms with E-state index in [1.807, 2.05) is 0 Å².